The number of carboxylic acids is 1. The fourth-order valence-electron chi connectivity index (χ4n) is 2.26. The largest absolute Gasteiger partial charge is 0.481 e. The van der Waals surface area contributed by atoms with Crippen LogP contribution in [0.4, 0.5) is 5.69 Å². The Hall–Kier alpha value is -2.08. The van der Waals surface area contributed by atoms with Gasteiger partial charge in [0.05, 0.1) is 16.5 Å². The van der Waals surface area contributed by atoms with Crippen LogP contribution in [0.5, 0.6) is 0 Å². The molecule has 1 aromatic rings. The first kappa shape index (κ1) is 17.3. The highest BCUT2D eigenvalue weighted by Crippen LogP contribution is 2.28. The molecule has 23 heavy (non-hydrogen) atoms. The first-order valence-corrected chi connectivity index (χ1v) is 7.79. The molecule has 1 aromatic carbocycles. The number of rotatable bonds is 5. The van der Waals surface area contributed by atoms with E-state index < -0.39 is 11.9 Å². The second kappa shape index (κ2) is 7.00. The quantitative estimate of drug-likeness (QED) is 0.768. The molecule has 0 heterocycles. The standard InChI is InChI=1S/C16H19ClN2O4/c1-8(2)14(20)18-10-3-4-13(17)12(7-10)15(21)19-11-5-9(6-11)16(22)23/h3-4,7-9,11H,5-6H2,1-2H3,(H,18,20)(H,19,21)(H,22,23). The van der Waals surface area contributed by atoms with Crippen molar-refractivity contribution in [2.45, 2.75) is 32.7 Å². The molecule has 1 aliphatic rings. The molecule has 1 fully saturated rings. The van der Waals surface area contributed by atoms with E-state index in [0.29, 0.717) is 18.5 Å². The molecule has 0 unspecified atom stereocenters. The summed E-state index contributed by atoms with van der Waals surface area (Å²) < 4.78 is 0. The molecule has 3 N–H and O–H groups in total. The molecule has 1 saturated carbocycles. The zero-order valence-corrected chi connectivity index (χ0v) is 13.7. The summed E-state index contributed by atoms with van der Waals surface area (Å²) in [5.41, 5.74) is 0.752. The van der Waals surface area contributed by atoms with Crippen LogP contribution in [-0.2, 0) is 9.59 Å². The average Bonchev–Trinajstić information content (AvgIpc) is 2.43. The fraction of sp³-hybridized carbons (Fsp3) is 0.438. The summed E-state index contributed by atoms with van der Waals surface area (Å²) in [7, 11) is 0. The van der Waals surface area contributed by atoms with Gasteiger partial charge in [0.25, 0.3) is 5.91 Å². The summed E-state index contributed by atoms with van der Waals surface area (Å²) >= 11 is 6.05. The van der Waals surface area contributed by atoms with Crippen LogP contribution < -0.4 is 10.6 Å². The van der Waals surface area contributed by atoms with E-state index in [2.05, 4.69) is 10.6 Å². The third-order valence-corrected chi connectivity index (χ3v) is 4.16. The molecule has 0 aliphatic heterocycles. The van der Waals surface area contributed by atoms with Crippen molar-refractivity contribution in [2.24, 2.45) is 11.8 Å². The van der Waals surface area contributed by atoms with Crippen LogP contribution >= 0.6 is 11.6 Å². The van der Waals surface area contributed by atoms with Crippen LogP contribution in [0, 0.1) is 11.8 Å². The summed E-state index contributed by atoms with van der Waals surface area (Å²) in [6.45, 7) is 3.54. The molecule has 0 saturated heterocycles. The lowest BCUT2D eigenvalue weighted by atomic mass is 9.80. The maximum absolute atomic E-state index is 12.3. The third kappa shape index (κ3) is 4.22. The summed E-state index contributed by atoms with van der Waals surface area (Å²) in [4.78, 5) is 34.7. The van der Waals surface area contributed by atoms with Gasteiger partial charge in [-0.15, -0.1) is 0 Å². The molecular formula is C16H19ClN2O4. The molecule has 2 amide bonds. The average molecular weight is 339 g/mol. The summed E-state index contributed by atoms with van der Waals surface area (Å²) in [6.07, 6.45) is 0.838. The molecule has 0 spiro atoms. The highest BCUT2D eigenvalue weighted by atomic mass is 35.5. The van der Waals surface area contributed by atoms with Gasteiger partial charge in [0.15, 0.2) is 0 Å². The third-order valence-electron chi connectivity index (χ3n) is 3.83. The van der Waals surface area contributed by atoms with Crippen molar-refractivity contribution in [2.75, 3.05) is 5.32 Å². The van der Waals surface area contributed by atoms with Crippen LogP contribution in [0.3, 0.4) is 0 Å². The topological polar surface area (TPSA) is 95.5 Å². The van der Waals surface area contributed by atoms with E-state index in [1.807, 2.05) is 0 Å². The summed E-state index contributed by atoms with van der Waals surface area (Å²) in [6, 6.07) is 4.54. The smallest absolute Gasteiger partial charge is 0.306 e. The minimum atomic E-state index is -0.841. The first-order valence-electron chi connectivity index (χ1n) is 7.42. The Bertz CT molecular complexity index is 639. The van der Waals surface area contributed by atoms with E-state index in [9.17, 15) is 14.4 Å². The number of carbonyl (C=O) groups excluding carboxylic acids is 2. The second-order valence-corrected chi connectivity index (χ2v) is 6.42. The van der Waals surface area contributed by atoms with E-state index in [-0.39, 0.29) is 34.4 Å². The van der Waals surface area contributed by atoms with Crippen molar-refractivity contribution in [3.8, 4) is 0 Å². The number of halogens is 1. The molecule has 0 bridgehead atoms. The van der Waals surface area contributed by atoms with E-state index >= 15 is 0 Å². The van der Waals surface area contributed by atoms with Crippen LogP contribution in [0.2, 0.25) is 5.02 Å². The van der Waals surface area contributed by atoms with Crippen LogP contribution in [-0.4, -0.2) is 28.9 Å². The van der Waals surface area contributed by atoms with Gasteiger partial charge in [-0.05, 0) is 31.0 Å². The van der Waals surface area contributed by atoms with Crippen molar-refractivity contribution in [3.05, 3.63) is 28.8 Å². The number of carboxylic acid groups (broad SMARTS) is 1. The lowest BCUT2D eigenvalue weighted by Gasteiger charge is -2.32. The Morgan fingerprint density at radius 3 is 2.48 bits per heavy atom. The summed E-state index contributed by atoms with van der Waals surface area (Å²) in [5, 5.41) is 14.6. The Kier molecular flexibility index (Phi) is 5.26. The van der Waals surface area contributed by atoms with Gasteiger partial charge in [0.1, 0.15) is 0 Å². The van der Waals surface area contributed by atoms with Gasteiger partial charge in [-0.3, -0.25) is 14.4 Å². The fourth-order valence-corrected chi connectivity index (χ4v) is 2.47. The Morgan fingerprint density at radius 1 is 1.26 bits per heavy atom. The Morgan fingerprint density at radius 2 is 1.91 bits per heavy atom. The molecule has 0 atom stereocenters. The molecule has 124 valence electrons. The monoisotopic (exact) mass is 338 g/mol. The van der Waals surface area contributed by atoms with Gasteiger partial charge in [-0.1, -0.05) is 25.4 Å². The molecule has 2 rings (SSSR count). The minimum Gasteiger partial charge on any atom is -0.481 e. The first-order chi connectivity index (χ1) is 10.8. The van der Waals surface area contributed by atoms with E-state index in [0.717, 1.165) is 0 Å². The molecule has 7 heteroatoms. The maximum atomic E-state index is 12.3. The second-order valence-electron chi connectivity index (χ2n) is 6.02. The molecule has 1 aliphatic carbocycles. The lowest BCUT2D eigenvalue weighted by Crippen LogP contribution is -2.46. The highest BCUT2D eigenvalue weighted by molar-refractivity contribution is 6.34. The molecule has 0 aromatic heterocycles. The predicted octanol–water partition coefficient (Wildman–Crippen LogP) is 2.53. The van der Waals surface area contributed by atoms with Crippen LogP contribution in [0.25, 0.3) is 0 Å². The minimum absolute atomic E-state index is 0.151. The maximum Gasteiger partial charge on any atom is 0.306 e. The lowest BCUT2D eigenvalue weighted by molar-refractivity contribution is -0.145. The van der Waals surface area contributed by atoms with Gasteiger partial charge in [0.2, 0.25) is 5.91 Å². The van der Waals surface area contributed by atoms with Crippen molar-refractivity contribution >= 4 is 35.1 Å². The van der Waals surface area contributed by atoms with Crippen molar-refractivity contribution in [1.29, 1.82) is 0 Å². The number of aliphatic carboxylic acids is 1. The molecule has 6 nitrogen and oxygen atoms in total. The van der Waals surface area contributed by atoms with E-state index in [1.165, 1.54) is 6.07 Å². The molecule has 0 radical (unpaired) electrons. The van der Waals surface area contributed by atoms with Gasteiger partial charge in [-0.25, -0.2) is 0 Å². The van der Waals surface area contributed by atoms with Gasteiger partial charge in [-0.2, -0.15) is 0 Å². The number of hydrogen-bond donors (Lipinski definition) is 3. The number of benzene rings is 1. The van der Waals surface area contributed by atoms with Gasteiger partial charge in [0, 0.05) is 17.6 Å². The number of hydrogen-bond acceptors (Lipinski definition) is 3. The predicted molar refractivity (Wildman–Crippen MR) is 86.5 cm³/mol. The number of carbonyl (C=O) groups is 3. The number of nitrogens with one attached hydrogen (secondary N) is 2. The van der Waals surface area contributed by atoms with Crippen LogP contribution in [0.1, 0.15) is 37.0 Å². The van der Waals surface area contributed by atoms with E-state index in [4.69, 9.17) is 16.7 Å². The zero-order chi connectivity index (χ0) is 17.1. The normalized spacial score (nSPS) is 19.8. The SMILES string of the molecule is CC(C)C(=O)Nc1ccc(Cl)c(C(=O)NC2CC(C(=O)O)C2)c1. The number of amides is 2. The Labute approximate surface area is 139 Å². The number of anilines is 1. The van der Waals surface area contributed by atoms with Crippen molar-refractivity contribution in [1.82, 2.24) is 5.32 Å². The highest BCUT2D eigenvalue weighted by Gasteiger charge is 2.35. The van der Waals surface area contributed by atoms with Crippen molar-refractivity contribution < 1.29 is 19.5 Å². The Balaban J connectivity index is 2.02. The molecular weight excluding hydrogens is 320 g/mol. The van der Waals surface area contributed by atoms with Gasteiger partial charge >= 0.3 is 5.97 Å². The van der Waals surface area contributed by atoms with Crippen molar-refractivity contribution in [3.63, 3.8) is 0 Å². The van der Waals surface area contributed by atoms with Crippen LogP contribution in [0.15, 0.2) is 18.2 Å². The zero-order valence-electron chi connectivity index (χ0n) is 12.9. The van der Waals surface area contributed by atoms with E-state index in [1.54, 1.807) is 26.0 Å². The summed E-state index contributed by atoms with van der Waals surface area (Å²) in [5.74, 6) is -1.93. The van der Waals surface area contributed by atoms with Gasteiger partial charge < -0.3 is 15.7 Å².